The van der Waals surface area contributed by atoms with Gasteiger partial charge in [0, 0.05) is 20.8 Å². The van der Waals surface area contributed by atoms with Crippen molar-refractivity contribution in [2.24, 2.45) is 0 Å². The number of anilines is 1. The molecule has 0 radical (unpaired) electrons. The van der Waals surface area contributed by atoms with Gasteiger partial charge in [0.25, 0.3) is 5.91 Å². The van der Waals surface area contributed by atoms with E-state index in [1.54, 1.807) is 12.1 Å². The molecule has 1 aromatic carbocycles. The first kappa shape index (κ1) is 11.8. The molecule has 5 heteroatoms. The summed E-state index contributed by atoms with van der Waals surface area (Å²) in [4.78, 5) is 12.9. The Hall–Kier alpha value is -1.29. The Morgan fingerprint density at radius 3 is 2.72 bits per heavy atom. The second kappa shape index (κ2) is 4.43. The first-order valence-electron chi connectivity index (χ1n) is 5.20. The van der Waals surface area contributed by atoms with E-state index in [1.807, 2.05) is 23.6 Å². The molecule has 0 unspecified atom stereocenters. The van der Waals surface area contributed by atoms with Crippen molar-refractivity contribution in [2.45, 2.75) is 0 Å². The molecule has 1 amide bonds. The number of hydrogen-bond donors (Lipinski definition) is 1. The fourth-order valence-electron chi connectivity index (χ4n) is 1.86. The van der Waals surface area contributed by atoms with Crippen LogP contribution < -0.4 is 5.32 Å². The van der Waals surface area contributed by atoms with Crippen LogP contribution in [0.5, 0.6) is 0 Å². The number of halogens is 2. The van der Waals surface area contributed by atoms with Crippen molar-refractivity contribution in [1.82, 2.24) is 0 Å². The summed E-state index contributed by atoms with van der Waals surface area (Å²) in [5.41, 5.74) is 2.26. The summed E-state index contributed by atoms with van der Waals surface area (Å²) in [6.07, 6.45) is 1.84. The molecule has 0 spiro atoms. The number of thiophene rings is 1. The van der Waals surface area contributed by atoms with Crippen molar-refractivity contribution in [2.75, 3.05) is 5.32 Å². The highest BCUT2D eigenvalue weighted by Crippen LogP contribution is 2.35. The Morgan fingerprint density at radius 2 is 2.00 bits per heavy atom. The summed E-state index contributed by atoms with van der Waals surface area (Å²) in [5.74, 6) is -0.114. The number of rotatable bonds is 1. The first-order valence-corrected chi connectivity index (χ1v) is 6.84. The molecule has 0 atom stereocenters. The molecule has 1 aromatic heterocycles. The van der Waals surface area contributed by atoms with Crippen LogP contribution in [0.25, 0.3) is 11.6 Å². The highest BCUT2D eigenvalue weighted by molar-refractivity contribution is 7.11. The van der Waals surface area contributed by atoms with Gasteiger partial charge in [-0.15, -0.1) is 11.3 Å². The Labute approximate surface area is 118 Å². The van der Waals surface area contributed by atoms with Gasteiger partial charge < -0.3 is 5.32 Å². The van der Waals surface area contributed by atoms with Crippen molar-refractivity contribution in [1.29, 1.82) is 0 Å². The number of fused-ring (bicyclic) bond motifs is 1. The lowest BCUT2D eigenvalue weighted by Gasteiger charge is -1.97. The maximum atomic E-state index is 11.9. The fraction of sp³-hybridized carbons (Fsp3) is 0. The van der Waals surface area contributed by atoms with Gasteiger partial charge in [-0.3, -0.25) is 4.79 Å². The van der Waals surface area contributed by atoms with E-state index < -0.39 is 0 Å². The third-order valence-electron chi connectivity index (χ3n) is 2.64. The Balaban J connectivity index is 2.09. The minimum Gasteiger partial charge on any atom is -0.321 e. The molecule has 1 N–H and O–H groups in total. The summed E-state index contributed by atoms with van der Waals surface area (Å²) >= 11 is 13.3. The van der Waals surface area contributed by atoms with E-state index in [0.29, 0.717) is 15.6 Å². The molecule has 1 aliphatic heterocycles. The molecule has 0 saturated heterocycles. The van der Waals surface area contributed by atoms with Gasteiger partial charge in [-0.1, -0.05) is 29.3 Å². The van der Waals surface area contributed by atoms with Gasteiger partial charge in [0.05, 0.1) is 16.3 Å². The van der Waals surface area contributed by atoms with E-state index in [0.717, 1.165) is 16.1 Å². The largest absolute Gasteiger partial charge is 0.321 e. The topological polar surface area (TPSA) is 29.1 Å². The molecule has 0 saturated carbocycles. The average Bonchev–Trinajstić information content (AvgIpc) is 2.84. The lowest BCUT2D eigenvalue weighted by Crippen LogP contribution is -2.03. The quantitative estimate of drug-likeness (QED) is 0.769. The van der Waals surface area contributed by atoms with Crippen LogP contribution in [0.3, 0.4) is 0 Å². The Kier molecular flexibility index (Phi) is 2.90. The zero-order valence-corrected chi connectivity index (χ0v) is 11.4. The molecule has 2 heterocycles. The maximum Gasteiger partial charge on any atom is 0.256 e. The normalized spacial score (nSPS) is 15.9. The number of amides is 1. The van der Waals surface area contributed by atoms with Gasteiger partial charge in [0.1, 0.15) is 0 Å². The van der Waals surface area contributed by atoms with Crippen LogP contribution in [0.15, 0.2) is 29.6 Å². The van der Waals surface area contributed by atoms with Gasteiger partial charge in [-0.2, -0.15) is 0 Å². The van der Waals surface area contributed by atoms with E-state index in [-0.39, 0.29) is 5.91 Å². The van der Waals surface area contributed by atoms with Gasteiger partial charge >= 0.3 is 0 Å². The van der Waals surface area contributed by atoms with Crippen molar-refractivity contribution >= 4 is 57.8 Å². The predicted octanol–water partition coefficient (Wildman–Crippen LogP) is 4.55. The fourth-order valence-corrected chi connectivity index (χ4v) is 3.04. The highest BCUT2D eigenvalue weighted by atomic mass is 35.5. The van der Waals surface area contributed by atoms with E-state index >= 15 is 0 Å². The molecule has 0 bridgehead atoms. The number of benzene rings is 1. The molecule has 90 valence electrons. The van der Waals surface area contributed by atoms with Crippen LogP contribution in [0.2, 0.25) is 10.0 Å². The summed E-state index contributed by atoms with van der Waals surface area (Å²) in [7, 11) is 0. The summed E-state index contributed by atoms with van der Waals surface area (Å²) in [6.45, 7) is 0. The lowest BCUT2D eigenvalue weighted by atomic mass is 10.1. The molecule has 3 rings (SSSR count). The van der Waals surface area contributed by atoms with Crippen molar-refractivity contribution in [3.8, 4) is 0 Å². The second-order valence-corrected chi connectivity index (χ2v) is 5.69. The van der Waals surface area contributed by atoms with Crippen LogP contribution in [-0.2, 0) is 4.79 Å². The minimum absolute atomic E-state index is 0.114. The summed E-state index contributed by atoms with van der Waals surface area (Å²) in [5, 5.41) is 5.92. The third kappa shape index (κ3) is 2.05. The number of carbonyl (C=O) groups excluding carboxylic acids is 1. The van der Waals surface area contributed by atoms with E-state index in [1.165, 1.54) is 11.3 Å². The van der Waals surface area contributed by atoms with Crippen LogP contribution in [0.4, 0.5) is 5.69 Å². The lowest BCUT2D eigenvalue weighted by molar-refractivity contribution is -0.110. The number of hydrogen-bond acceptors (Lipinski definition) is 2. The van der Waals surface area contributed by atoms with Crippen LogP contribution in [0, 0.1) is 0 Å². The van der Waals surface area contributed by atoms with E-state index in [4.69, 9.17) is 23.2 Å². The van der Waals surface area contributed by atoms with E-state index in [2.05, 4.69) is 5.32 Å². The van der Waals surface area contributed by atoms with Gasteiger partial charge in [0.15, 0.2) is 0 Å². The Bertz CT molecular complexity index is 675. The molecule has 18 heavy (non-hydrogen) atoms. The molecule has 1 aliphatic rings. The maximum absolute atomic E-state index is 11.9. The zero-order valence-electron chi connectivity index (χ0n) is 9.04. The van der Waals surface area contributed by atoms with Crippen molar-refractivity contribution in [3.05, 3.63) is 50.1 Å². The van der Waals surface area contributed by atoms with Crippen LogP contribution in [0.1, 0.15) is 10.4 Å². The highest BCUT2D eigenvalue weighted by Gasteiger charge is 2.24. The first-order chi connectivity index (χ1) is 8.63. The standard InChI is InChI=1S/C13H7Cl2NOS/c14-7-1-2-10-11(13(17)16-12(10)4-7)5-9-3-8(15)6-18-9/h1-6H,(H,16,17). The minimum atomic E-state index is -0.114. The van der Waals surface area contributed by atoms with Crippen LogP contribution in [-0.4, -0.2) is 5.91 Å². The Morgan fingerprint density at radius 1 is 1.17 bits per heavy atom. The molecule has 2 nitrogen and oxygen atoms in total. The van der Waals surface area contributed by atoms with Gasteiger partial charge in [0.2, 0.25) is 0 Å². The molecule has 0 fully saturated rings. The number of nitrogens with one attached hydrogen (secondary N) is 1. The van der Waals surface area contributed by atoms with Crippen molar-refractivity contribution in [3.63, 3.8) is 0 Å². The van der Waals surface area contributed by atoms with Gasteiger partial charge in [-0.25, -0.2) is 0 Å². The van der Waals surface area contributed by atoms with Crippen molar-refractivity contribution < 1.29 is 4.79 Å². The monoisotopic (exact) mass is 295 g/mol. The average molecular weight is 296 g/mol. The third-order valence-corrected chi connectivity index (χ3v) is 4.10. The predicted molar refractivity (Wildman–Crippen MR) is 77.3 cm³/mol. The summed E-state index contributed by atoms with van der Waals surface area (Å²) in [6, 6.07) is 7.20. The molecule has 2 aromatic rings. The number of carbonyl (C=O) groups is 1. The molecular weight excluding hydrogens is 289 g/mol. The second-order valence-electron chi connectivity index (χ2n) is 3.87. The summed E-state index contributed by atoms with van der Waals surface area (Å²) < 4.78 is 0. The smallest absolute Gasteiger partial charge is 0.256 e. The molecular formula is C13H7Cl2NOS. The molecule has 0 aliphatic carbocycles. The van der Waals surface area contributed by atoms with Gasteiger partial charge in [-0.05, 0) is 24.3 Å². The van der Waals surface area contributed by atoms with E-state index in [9.17, 15) is 4.79 Å². The SMILES string of the molecule is O=C1Nc2cc(Cl)ccc2C1=Cc1cc(Cl)cs1. The van der Waals surface area contributed by atoms with Crippen LogP contribution >= 0.6 is 34.5 Å². The zero-order chi connectivity index (χ0) is 12.7.